The third-order valence-electron chi connectivity index (χ3n) is 4.51. The molecule has 0 spiro atoms. The topological polar surface area (TPSA) is 80.2 Å². The summed E-state index contributed by atoms with van der Waals surface area (Å²) in [6, 6.07) is 19.6. The molecule has 1 amide bonds. The van der Waals surface area contributed by atoms with Crippen molar-refractivity contribution in [2.24, 2.45) is 0 Å². The van der Waals surface area contributed by atoms with Crippen molar-refractivity contribution in [3.63, 3.8) is 0 Å². The molecule has 158 valence electrons. The van der Waals surface area contributed by atoms with Gasteiger partial charge in [-0.25, -0.2) is 13.4 Å². The Bertz CT molecular complexity index is 1310. The highest BCUT2D eigenvalue weighted by atomic mass is 35.5. The van der Waals surface area contributed by atoms with E-state index in [0.29, 0.717) is 26.9 Å². The lowest BCUT2D eigenvalue weighted by molar-refractivity contribution is -0.116. The zero-order valence-corrected chi connectivity index (χ0v) is 18.7. The SMILES string of the molecule is O=C(CS(=O)(=O)Cc1ccccc1)N(Cc1ccccn1)c1nc2c(Cl)cccc2s1. The number of nitrogens with zero attached hydrogens (tertiary/aromatic N) is 3. The Balaban J connectivity index is 1.64. The number of aromatic nitrogens is 2. The lowest BCUT2D eigenvalue weighted by atomic mass is 10.2. The van der Waals surface area contributed by atoms with Gasteiger partial charge >= 0.3 is 0 Å². The summed E-state index contributed by atoms with van der Waals surface area (Å²) < 4.78 is 26.3. The van der Waals surface area contributed by atoms with Crippen LogP contribution in [0.1, 0.15) is 11.3 Å². The van der Waals surface area contributed by atoms with Crippen molar-refractivity contribution < 1.29 is 13.2 Å². The summed E-state index contributed by atoms with van der Waals surface area (Å²) in [5, 5.41) is 0.857. The molecule has 2 aromatic heterocycles. The van der Waals surface area contributed by atoms with Crippen molar-refractivity contribution in [2.75, 3.05) is 10.7 Å². The number of sulfone groups is 1. The van der Waals surface area contributed by atoms with E-state index in [1.807, 2.05) is 24.3 Å². The first-order chi connectivity index (χ1) is 14.9. The van der Waals surface area contributed by atoms with Gasteiger partial charge in [-0.1, -0.05) is 65.4 Å². The molecule has 0 atom stereocenters. The number of thiazole rings is 1. The Morgan fingerprint density at radius 1 is 1.00 bits per heavy atom. The number of pyridine rings is 1. The van der Waals surface area contributed by atoms with E-state index >= 15 is 0 Å². The molecule has 6 nitrogen and oxygen atoms in total. The van der Waals surface area contributed by atoms with Crippen LogP contribution in [-0.4, -0.2) is 30.0 Å². The van der Waals surface area contributed by atoms with E-state index < -0.39 is 21.5 Å². The van der Waals surface area contributed by atoms with Gasteiger partial charge in [-0.05, 0) is 29.8 Å². The molecule has 0 aliphatic rings. The number of carbonyl (C=O) groups is 1. The second kappa shape index (κ2) is 9.13. The van der Waals surface area contributed by atoms with Crippen LogP contribution in [-0.2, 0) is 26.9 Å². The summed E-state index contributed by atoms with van der Waals surface area (Å²) in [6.07, 6.45) is 1.62. The fourth-order valence-corrected chi connectivity index (χ4v) is 5.70. The van der Waals surface area contributed by atoms with Crippen LogP contribution in [0.2, 0.25) is 5.02 Å². The van der Waals surface area contributed by atoms with Crippen LogP contribution in [0.4, 0.5) is 5.13 Å². The number of amides is 1. The first kappa shape index (κ1) is 21.4. The van der Waals surface area contributed by atoms with Crippen LogP contribution >= 0.6 is 22.9 Å². The predicted molar refractivity (Wildman–Crippen MR) is 124 cm³/mol. The number of halogens is 1. The Labute approximate surface area is 189 Å². The maximum absolute atomic E-state index is 13.2. The average molecular weight is 472 g/mol. The number of fused-ring (bicyclic) bond motifs is 1. The molecule has 0 unspecified atom stereocenters. The van der Waals surface area contributed by atoms with Crippen LogP contribution in [0.3, 0.4) is 0 Å². The summed E-state index contributed by atoms with van der Waals surface area (Å²) in [7, 11) is -3.68. The van der Waals surface area contributed by atoms with E-state index in [4.69, 9.17) is 11.6 Å². The van der Waals surface area contributed by atoms with Gasteiger partial charge in [0.15, 0.2) is 15.0 Å². The highest BCUT2D eigenvalue weighted by Gasteiger charge is 2.26. The third-order valence-corrected chi connectivity index (χ3v) is 7.32. The molecule has 0 bridgehead atoms. The first-order valence-electron chi connectivity index (χ1n) is 9.41. The second-order valence-corrected chi connectivity index (χ2v) is 10.4. The quantitative estimate of drug-likeness (QED) is 0.396. The smallest absolute Gasteiger partial charge is 0.244 e. The molecule has 0 saturated heterocycles. The highest BCUT2D eigenvalue weighted by Crippen LogP contribution is 2.33. The number of anilines is 1. The van der Waals surface area contributed by atoms with Gasteiger partial charge in [-0.3, -0.25) is 14.7 Å². The van der Waals surface area contributed by atoms with Crippen molar-refractivity contribution in [1.82, 2.24) is 9.97 Å². The van der Waals surface area contributed by atoms with Crippen LogP contribution in [0.5, 0.6) is 0 Å². The Kier molecular flexibility index (Phi) is 6.31. The van der Waals surface area contributed by atoms with Gasteiger partial charge in [-0.2, -0.15) is 0 Å². The number of para-hydroxylation sites is 1. The van der Waals surface area contributed by atoms with Gasteiger partial charge in [0.05, 0.1) is 27.7 Å². The van der Waals surface area contributed by atoms with Crippen molar-refractivity contribution in [2.45, 2.75) is 12.3 Å². The largest absolute Gasteiger partial charge is 0.281 e. The molecule has 9 heteroatoms. The van der Waals surface area contributed by atoms with Crippen LogP contribution < -0.4 is 4.90 Å². The van der Waals surface area contributed by atoms with E-state index in [1.165, 1.54) is 16.2 Å². The predicted octanol–water partition coefficient (Wildman–Crippen LogP) is 4.49. The average Bonchev–Trinajstić information content (AvgIpc) is 3.18. The molecule has 0 fully saturated rings. The van der Waals surface area contributed by atoms with Crippen LogP contribution in [0.15, 0.2) is 72.9 Å². The van der Waals surface area contributed by atoms with E-state index in [1.54, 1.807) is 48.7 Å². The molecule has 4 rings (SSSR count). The van der Waals surface area contributed by atoms with Crippen molar-refractivity contribution in [3.8, 4) is 0 Å². The number of carbonyl (C=O) groups excluding carboxylic acids is 1. The molecule has 0 aliphatic heterocycles. The molecule has 0 radical (unpaired) electrons. The van der Waals surface area contributed by atoms with E-state index in [2.05, 4.69) is 9.97 Å². The van der Waals surface area contributed by atoms with Gasteiger partial charge in [0.25, 0.3) is 0 Å². The molecule has 2 aromatic carbocycles. The minimum Gasteiger partial charge on any atom is -0.281 e. The Morgan fingerprint density at radius 2 is 1.77 bits per heavy atom. The fourth-order valence-electron chi connectivity index (χ4n) is 3.08. The highest BCUT2D eigenvalue weighted by molar-refractivity contribution is 7.91. The molecular formula is C22H18ClN3O3S2. The molecule has 0 aliphatic carbocycles. The number of benzene rings is 2. The summed E-state index contributed by atoms with van der Waals surface area (Å²) in [6.45, 7) is 0.109. The standard InChI is InChI=1S/C22H18ClN3O3S2/c23-18-10-6-11-19-21(18)25-22(30-19)26(13-17-9-4-5-12-24-17)20(27)15-31(28,29)14-16-7-2-1-3-8-16/h1-12H,13-15H2. The number of rotatable bonds is 7. The minimum atomic E-state index is -3.68. The van der Waals surface area contributed by atoms with E-state index in [0.717, 1.165) is 4.70 Å². The summed E-state index contributed by atoms with van der Waals surface area (Å²) in [4.78, 5) is 23.3. The number of hydrogen-bond donors (Lipinski definition) is 0. The molecule has 0 saturated carbocycles. The Morgan fingerprint density at radius 3 is 2.48 bits per heavy atom. The lowest BCUT2D eigenvalue weighted by Crippen LogP contribution is -2.36. The summed E-state index contributed by atoms with van der Waals surface area (Å²) >= 11 is 7.53. The lowest BCUT2D eigenvalue weighted by Gasteiger charge is -2.19. The van der Waals surface area contributed by atoms with Crippen molar-refractivity contribution in [3.05, 3.63) is 89.2 Å². The van der Waals surface area contributed by atoms with Crippen LogP contribution in [0.25, 0.3) is 10.2 Å². The summed E-state index contributed by atoms with van der Waals surface area (Å²) in [5.41, 5.74) is 1.84. The van der Waals surface area contributed by atoms with E-state index in [9.17, 15) is 13.2 Å². The first-order valence-corrected chi connectivity index (χ1v) is 12.4. The summed E-state index contributed by atoms with van der Waals surface area (Å²) in [5.74, 6) is -1.39. The van der Waals surface area contributed by atoms with E-state index in [-0.39, 0.29) is 12.3 Å². The molecule has 31 heavy (non-hydrogen) atoms. The van der Waals surface area contributed by atoms with Gasteiger partial charge < -0.3 is 0 Å². The fraction of sp³-hybridized carbons (Fsp3) is 0.136. The van der Waals surface area contributed by atoms with Crippen LogP contribution in [0, 0.1) is 0 Å². The van der Waals surface area contributed by atoms with Gasteiger partial charge in [0.2, 0.25) is 5.91 Å². The molecular weight excluding hydrogens is 454 g/mol. The third kappa shape index (κ3) is 5.28. The van der Waals surface area contributed by atoms with Crippen molar-refractivity contribution >= 4 is 54.0 Å². The molecule has 2 heterocycles. The zero-order valence-electron chi connectivity index (χ0n) is 16.3. The number of hydrogen-bond acceptors (Lipinski definition) is 6. The van der Waals surface area contributed by atoms with Gasteiger partial charge in [-0.15, -0.1) is 0 Å². The zero-order chi connectivity index (χ0) is 21.8. The maximum Gasteiger partial charge on any atom is 0.244 e. The van der Waals surface area contributed by atoms with Gasteiger partial charge in [0.1, 0.15) is 11.3 Å². The van der Waals surface area contributed by atoms with Crippen molar-refractivity contribution in [1.29, 1.82) is 0 Å². The Hall–Kier alpha value is -2.81. The normalized spacial score (nSPS) is 11.5. The molecule has 4 aromatic rings. The second-order valence-electron chi connectivity index (χ2n) is 6.90. The van der Waals surface area contributed by atoms with Gasteiger partial charge in [0, 0.05) is 6.20 Å². The molecule has 0 N–H and O–H groups in total. The maximum atomic E-state index is 13.2. The minimum absolute atomic E-state index is 0.109. The monoisotopic (exact) mass is 471 g/mol.